The molecule has 106 valence electrons. The van der Waals surface area contributed by atoms with E-state index in [4.69, 9.17) is 10.3 Å². The van der Waals surface area contributed by atoms with Gasteiger partial charge in [0.2, 0.25) is 0 Å². The van der Waals surface area contributed by atoms with Crippen LogP contribution in [0.3, 0.4) is 0 Å². The summed E-state index contributed by atoms with van der Waals surface area (Å²) < 4.78 is 5.41. The van der Waals surface area contributed by atoms with Gasteiger partial charge in [-0.3, -0.25) is 0 Å². The lowest BCUT2D eigenvalue weighted by atomic mass is 9.96. The molecule has 3 nitrogen and oxygen atoms in total. The number of nitrogens with zero attached hydrogens (tertiary/aromatic N) is 1. The predicted octanol–water partition coefficient (Wildman–Crippen LogP) is 3.94. The molecule has 21 heavy (non-hydrogen) atoms. The maximum atomic E-state index is 6.14. The predicted molar refractivity (Wildman–Crippen MR) is 85.9 cm³/mol. The monoisotopic (exact) mass is 278 g/mol. The van der Waals surface area contributed by atoms with Crippen LogP contribution >= 0.6 is 0 Å². The van der Waals surface area contributed by atoms with E-state index in [0.29, 0.717) is 0 Å². The molecule has 2 N–H and O–H groups in total. The first-order chi connectivity index (χ1) is 10.3. The summed E-state index contributed by atoms with van der Waals surface area (Å²) in [7, 11) is 0. The summed E-state index contributed by atoms with van der Waals surface area (Å²) in [5.41, 5.74) is 10.1. The summed E-state index contributed by atoms with van der Waals surface area (Å²) >= 11 is 0. The summed E-state index contributed by atoms with van der Waals surface area (Å²) in [5.74, 6) is 0. The van der Waals surface area contributed by atoms with Gasteiger partial charge in [-0.25, -0.2) is 0 Å². The lowest BCUT2D eigenvalue weighted by Crippen LogP contribution is -2.22. The van der Waals surface area contributed by atoms with E-state index >= 15 is 0 Å². The van der Waals surface area contributed by atoms with Crippen LogP contribution in [0.5, 0.6) is 0 Å². The van der Waals surface area contributed by atoms with Crippen LogP contribution in [-0.4, -0.2) is 11.2 Å². The standard InChI is InChI=1S/C18H18N2O/c1-2-7-14(19)12-13-8-3-4-9-15(13)18-16-10-5-6-11-17(16)21-20-18/h2-6,8-11,14H,1,7,12,19H2. The Hall–Kier alpha value is -2.39. The number of nitrogens with two attached hydrogens (primary N) is 1. The number of rotatable bonds is 5. The highest BCUT2D eigenvalue weighted by Crippen LogP contribution is 2.30. The molecule has 1 heterocycles. The van der Waals surface area contributed by atoms with Crippen LogP contribution < -0.4 is 5.73 Å². The summed E-state index contributed by atoms with van der Waals surface area (Å²) in [5, 5.41) is 5.27. The van der Waals surface area contributed by atoms with Crippen LogP contribution in [0.25, 0.3) is 22.2 Å². The van der Waals surface area contributed by atoms with Crippen molar-refractivity contribution >= 4 is 11.0 Å². The number of hydrogen-bond donors (Lipinski definition) is 1. The van der Waals surface area contributed by atoms with Crippen molar-refractivity contribution in [1.82, 2.24) is 5.16 Å². The molecule has 2 aromatic carbocycles. The maximum absolute atomic E-state index is 6.14. The lowest BCUT2D eigenvalue weighted by Gasteiger charge is -2.12. The highest BCUT2D eigenvalue weighted by Gasteiger charge is 2.14. The molecule has 1 unspecified atom stereocenters. The normalized spacial score (nSPS) is 12.4. The summed E-state index contributed by atoms with van der Waals surface area (Å²) in [6.07, 6.45) is 3.45. The second kappa shape index (κ2) is 5.94. The van der Waals surface area contributed by atoms with Gasteiger partial charge < -0.3 is 10.3 Å². The minimum Gasteiger partial charge on any atom is -0.356 e. The summed E-state index contributed by atoms with van der Waals surface area (Å²) in [4.78, 5) is 0. The molecule has 3 rings (SSSR count). The highest BCUT2D eigenvalue weighted by molar-refractivity contribution is 5.92. The quantitative estimate of drug-likeness (QED) is 0.719. The van der Waals surface area contributed by atoms with E-state index in [2.05, 4.69) is 23.9 Å². The van der Waals surface area contributed by atoms with Crippen molar-refractivity contribution in [1.29, 1.82) is 0 Å². The van der Waals surface area contributed by atoms with E-state index < -0.39 is 0 Å². The molecule has 0 fully saturated rings. The molecule has 0 saturated heterocycles. The van der Waals surface area contributed by atoms with E-state index in [-0.39, 0.29) is 6.04 Å². The van der Waals surface area contributed by atoms with Crippen LogP contribution in [0, 0.1) is 0 Å². The summed E-state index contributed by atoms with van der Waals surface area (Å²) in [6.45, 7) is 3.75. The number of hydrogen-bond acceptors (Lipinski definition) is 3. The van der Waals surface area contributed by atoms with Crippen molar-refractivity contribution in [2.45, 2.75) is 18.9 Å². The van der Waals surface area contributed by atoms with Gasteiger partial charge in [0.05, 0.1) is 0 Å². The van der Waals surface area contributed by atoms with Crippen molar-refractivity contribution in [2.75, 3.05) is 0 Å². The first-order valence-electron chi connectivity index (χ1n) is 7.08. The minimum absolute atomic E-state index is 0.0711. The highest BCUT2D eigenvalue weighted by atomic mass is 16.5. The fourth-order valence-corrected chi connectivity index (χ4v) is 2.59. The Morgan fingerprint density at radius 2 is 1.90 bits per heavy atom. The maximum Gasteiger partial charge on any atom is 0.167 e. The third kappa shape index (κ3) is 2.73. The fourth-order valence-electron chi connectivity index (χ4n) is 2.59. The van der Waals surface area contributed by atoms with E-state index in [1.807, 2.05) is 42.5 Å². The van der Waals surface area contributed by atoms with E-state index in [9.17, 15) is 0 Å². The zero-order chi connectivity index (χ0) is 14.7. The molecule has 0 spiro atoms. The van der Waals surface area contributed by atoms with Gasteiger partial charge in [0.15, 0.2) is 5.58 Å². The molecule has 3 aromatic rings. The minimum atomic E-state index is 0.0711. The SMILES string of the molecule is C=CCC(N)Cc1ccccc1-c1noc2ccccc12. The second-order valence-corrected chi connectivity index (χ2v) is 5.17. The van der Waals surface area contributed by atoms with Gasteiger partial charge in [0.25, 0.3) is 0 Å². The molecular weight excluding hydrogens is 260 g/mol. The third-order valence-electron chi connectivity index (χ3n) is 3.60. The Morgan fingerprint density at radius 1 is 1.14 bits per heavy atom. The van der Waals surface area contributed by atoms with Crippen LogP contribution in [0.2, 0.25) is 0 Å². The first-order valence-corrected chi connectivity index (χ1v) is 7.08. The molecule has 0 amide bonds. The molecule has 0 aliphatic rings. The molecule has 1 atom stereocenters. The number of para-hydroxylation sites is 1. The fraction of sp³-hybridized carbons (Fsp3) is 0.167. The Bertz CT molecular complexity index is 761. The molecule has 1 aromatic heterocycles. The molecule has 0 bridgehead atoms. The first kappa shape index (κ1) is 13.6. The van der Waals surface area contributed by atoms with Crippen molar-refractivity contribution in [3.05, 3.63) is 66.7 Å². The molecule has 0 aliphatic carbocycles. The van der Waals surface area contributed by atoms with Crippen molar-refractivity contribution in [3.8, 4) is 11.3 Å². The Morgan fingerprint density at radius 3 is 2.76 bits per heavy atom. The molecule has 0 saturated carbocycles. The van der Waals surface area contributed by atoms with Gasteiger partial charge in [-0.15, -0.1) is 6.58 Å². The van der Waals surface area contributed by atoms with Gasteiger partial charge in [-0.05, 0) is 30.5 Å². The largest absolute Gasteiger partial charge is 0.356 e. The van der Waals surface area contributed by atoms with Gasteiger partial charge >= 0.3 is 0 Å². The Labute approximate surface area is 124 Å². The van der Waals surface area contributed by atoms with Crippen molar-refractivity contribution < 1.29 is 4.52 Å². The lowest BCUT2D eigenvalue weighted by molar-refractivity contribution is 0.459. The Balaban J connectivity index is 2.04. The van der Waals surface area contributed by atoms with E-state index in [0.717, 1.165) is 35.1 Å². The van der Waals surface area contributed by atoms with Gasteiger partial charge in [0.1, 0.15) is 5.69 Å². The summed E-state index contributed by atoms with van der Waals surface area (Å²) in [6, 6.07) is 16.2. The number of benzene rings is 2. The molecule has 3 heteroatoms. The van der Waals surface area contributed by atoms with Gasteiger partial charge in [-0.1, -0.05) is 47.6 Å². The van der Waals surface area contributed by atoms with Crippen LogP contribution in [-0.2, 0) is 6.42 Å². The smallest absolute Gasteiger partial charge is 0.167 e. The van der Waals surface area contributed by atoms with Crippen LogP contribution in [0.15, 0.2) is 65.7 Å². The zero-order valence-electron chi connectivity index (χ0n) is 11.8. The topological polar surface area (TPSA) is 52.0 Å². The number of aromatic nitrogens is 1. The average Bonchev–Trinajstić information content (AvgIpc) is 2.92. The van der Waals surface area contributed by atoms with E-state index in [1.54, 1.807) is 0 Å². The number of fused-ring (bicyclic) bond motifs is 1. The Kier molecular flexibility index (Phi) is 3.84. The second-order valence-electron chi connectivity index (χ2n) is 5.17. The molecule has 0 radical (unpaired) electrons. The van der Waals surface area contributed by atoms with Crippen molar-refractivity contribution in [2.24, 2.45) is 5.73 Å². The molecular formula is C18H18N2O. The third-order valence-corrected chi connectivity index (χ3v) is 3.60. The molecule has 0 aliphatic heterocycles. The average molecular weight is 278 g/mol. The van der Waals surface area contributed by atoms with Gasteiger partial charge in [0, 0.05) is 17.0 Å². The zero-order valence-corrected chi connectivity index (χ0v) is 11.8. The van der Waals surface area contributed by atoms with Crippen molar-refractivity contribution in [3.63, 3.8) is 0 Å². The van der Waals surface area contributed by atoms with Crippen LogP contribution in [0.1, 0.15) is 12.0 Å². The van der Waals surface area contributed by atoms with E-state index in [1.165, 1.54) is 5.56 Å². The van der Waals surface area contributed by atoms with Gasteiger partial charge in [-0.2, -0.15) is 0 Å². The van der Waals surface area contributed by atoms with Crippen LogP contribution in [0.4, 0.5) is 0 Å².